The Labute approximate surface area is 367 Å². The van der Waals surface area contributed by atoms with Gasteiger partial charge in [0.25, 0.3) is 0 Å². The molecule has 2 aliphatic rings. The van der Waals surface area contributed by atoms with Gasteiger partial charge in [-0.25, -0.2) is 0 Å². The summed E-state index contributed by atoms with van der Waals surface area (Å²) in [6.45, 7) is 2.80. The van der Waals surface area contributed by atoms with Gasteiger partial charge in [0.1, 0.15) is 48.8 Å². The van der Waals surface area contributed by atoms with Gasteiger partial charge in [-0.1, -0.05) is 161 Å². The second-order valence-electron chi connectivity index (χ2n) is 17.6. The Bertz CT molecular complexity index is 1080. The second kappa shape index (κ2) is 35.0. The van der Waals surface area contributed by atoms with Gasteiger partial charge in [-0.15, -0.1) is 0 Å². The molecule has 2 saturated heterocycles. The number of nitrogens with one attached hydrogen (secondary N) is 1. The Morgan fingerprint density at radius 1 is 0.574 bits per heavy atom. The molecular weight excluding hydrogens is 787 g/mol. The smallest absolute Gasteiger partial charge is 0.220 e. The van der Waals surface area contributed by atoms with Crippen molar-refractivity contribution in [2.24, 2.45) is 0 Å². The maximum absolute atomic E-state index is 13.1. The first kappa shape index (κ1) is 55.9. The molecule has 2 aliphatic heterocycles. The molecule has 1 amide bonds. The summed E-state index contributed by atoms with van der Waals surface area (Å²) < 4.78 is 22.7. The monoisotopic (exact) mass is 876 g/mol. The van der Waals surface area contributed by atoms with E-state index < -0.39 is 86.8 Å². The first-order chi connectivity index (χ1) is 29.6. The summed E-state index contributed by atoms with van der Waals surface area (Å²) in [5.41, 5.74) is 0. The quantitative estimate of drug-likeness (QED) is 0.0274. The molecule has 12 unspecified atom stereocenters. The van der Waals surface area contributed by atoms with Crippen LogP contribution >= 0.6 is 0 Å². The summed E-state index contributed by atoms with van der Waals surface area (Å²) in [4.78, 5) is 13.1. The standard InChI is InChI=1S/C47H89NO13/c1-3-5-7-9-11-13-15-16-17-18-19-21-22-24-26-28-30-36(51)35(48-39(52)31-29-27-25-23-20-14-12-10-8-6-4-2)34-58-46-44(57)42(55)45(38(33-50)60-46)61-47-43(56)41(54)40(53)37(32-49)59-47/h10,12,35-38,40-47,49-51,53-57H,3-9,11,13-34H2,1-2H3,(H,48,52)/b12-10-. The molecule has 0 saturated carbocycles. The minimum absolute atomic E-state index is 0.218. The molecule has 0 aliphatic carbocycles. The molecule has 61 heavy (non-hydrogen) atoms. The van der Waals surface area contributed by atoms with Crippen LogP contribution in [-0.2, 0) is 23.7 Å². The van der Waals surface area contributed by atoms with E-state index in [1.54, 1.807) is 0 Å². The minimum Gasteiger partial charge on any atom is -0.394 e. The van der Waals surface area contributed by atoms with Gasteiger partial charge in [0.2, 0.25) is 5.91 Å². The lowest BCUT2D eigenvalue weighted by Gasteiger charge is -2.46. The predicted molar refractivity (Wildman–Crippen MR) is 235 cm³/mol. The third kappa shape index (κ3) is 23.0. The van der Waals surface area contributed by atoms with Crippen molar-refractivity contribution in [3.63, 3.8) is 0 Å². The molecule has 2 rings (SSSR count). The van der Waals surface area contributed by atoms with E-state index in [-0.39, 0.29) is 12.5 Å². The van der Waals surface area contributed by atoms with E-state index in [4.69, 9.17) is 18.9 Å². The summed E-state index contributed by atoms with van der Waals surface area (Å²) in [7, 11) is 0. The molecule has 14 nitrogen and oxygen atoms in total. The molecule has 14 heteroatoms. The van der Waals surface area contributed by atoms with Crippen molar-refractivity contribution >= 4 is 5.91 Å². The minimum atomic E-state index is -1.78. The first-order valence-electron chi connectivity index (χ1n) is 24.4. The van der Waals surface area contributed by atoms with Gasteiger partial charge >= 0.3 is 0 Å². The highest BCUT2D eigenvalue weighted by Crippen LogP contribution is 2.30. The molecule has 0 aromatic rings. The molecule has 0 aromatic heterocycles. The number of aliphatic hydroxyl groups excluding tert-OH is 8. The fourth-order valence-electron chi connectivity index (χ4n) is 8.16. The van der Waals surface area contributed by atoms with Gasteiger partial charge in [0.05, 0.1) is 32.0 Å². The molecule has 9 N–H and O–H groups in total. The number of carbonyl (C=O) groups is 1. The van der Waals surface area contributed by atoms with Crippen LogP contribution in [-0.4, -0.2) is 140 Å². The van der Waals surface area contributed by atoms with Crippen LogP contribution in [0.5, 0.6) is 0 Å². The van der Waals surface area contributed by atoms with Gasteiger partial charge in [-0.05, 0) is 32.1 Å². The largest absolute Gasteiger partial charge is 0.394 e. The van der Waals surface area contributed by atoms with Crippen molar-refractivity contribution in [2.45, 2.75) is 261 Å². The number of aliphatic hydroxyl groups is 8. The van der Waals surface area contributed by atoms with Gasteiger partial charge < -0.3 is 65.1 Å². The zero-order valence-corrected chi connectivity index (χ0v) is 37.9. The van der Waals surface area contributed by atoms with Crippen molar-refractivity contribution in [1.29, 1.82) is 0 Å². The average Bonchev–Trinajstić information content (AvgIpc) is 3.26. The van der Waals surface area contributed by atoms with E-state index in [1.165, 1.54) is 89.9 Å². The third-order valence-corrected chi connectivity index (χ3v) is 12.2. The number of hydrogen-bond donors (Lipinski definition) is 9. The predicted octanol–water partition coefficient (Wildman–Crippen LogP) is 5.60. The normalized spacial score (nSPS) is 28.0. The molecule has 0 bridgehead atoms. The van der Waals surface area contributed by atoms with Crippen molar-refractivity contribution in [2.75, 3.05) is 19.8 Å². The Kier molecular flexibility index (Phi) is 32.1. The molecule has 12 atom stereocenters. The zero-order valence-electron chi connectivity index (χ0n) is 37.9. The van der Waals surface area contributed by atoms with Crippen molar-refractivity contribution in [1.82, 2.24) is 5.32 Å². The van der Waals surface area contributed by atoms with Gasteiger partial charge in [-0.2, -0.15) is 0 Å². The Balaban J connectivity index is 1.85. The Morgan fingerprint density at radius 2 is 1.05 bits per heavy atom. The van der Waals surface area contributed by atoms with Crippen molar-refractivity contribution in [3.8, 4) is 0 Å². The van der Waals surface area contributed by atoms with E-state index >= 15 is 0 Å². The summed E-state index contributed by atoms with van der Waals surface area (Å²) in [5.74, 6) is -0.218. The lowest BCUT2D eigenvalue weighted by molar-refractivity contribution is -0.359. The highest BCUT2D eigenvalue weighted by atomic mass is 16.7. The second-order valence-corrected chi connectivity index (χ2v) is 17.6. The maximum atomic E-state index is 13.1. The van der Waals surface area contributed by atoms with Gasteiger partial charge in [-0.3, -0.25) is 4.79 Å². The van der Waals surface area contributed by atoms with Crippen LogP contribution in [0.1, 0.15) is 187 Å². The zero-order chi connectivity index (χ0) is 44.7. The molecule has 2 fully saturated rings. The van der Waals surface area contributed by atoms with E-state index in [1.807, 2.05) is 0 Å². The molecule has 0 aromatic carbocycles. The Hall–Kier alpha value is -1.27. The number of unbranched alkanes of at least 4 members (excludes halogenated alkanes) is 22. The van der Waals surface area contributed by atoms with Crippen LogP contribution in [0.25, 0.3) is 0 Å². The highest BCUT2D eigenvalue weighted by molar-refractivity contribution is 5.76. The number of amides is 1. The van der Waals surface area contributed by atoms with Crippen molar-refractivity contribution in [3.05, 3.63) is 12.2 Å². The van der Waals surface area contributed by atoms with Crippen LogP contribution in [0.2, 0.25) is 0 Å². The fraction of sp³-hybridized carbons (Fsp3) is 0.936. The van der Waals surface area contributed by atoms with E-state index in [9.17, 15) is 45.6 Å². The van der Waals surface area contributed by atoms with Crippen molar-refractivity contribution < 1.29 is 64.6 Å². The maximum Gasteiger partial charge on any atom is 0.220 e. The topological polar surface area (TPSA) is 228 Å². The summed E-state index contributed by atoms with van der Waals surface area (Å²) in [6.07, 6.45) is 17.9. The number of ether oxygens (including phenoxy) is 4. The van der Waals surface area contributed by atoms with Crippen LogP contribution in [0.4, 0.5) is 0 Å². The van der Waals surface area contributed by atoms with Crippen LogP contribution in [0, 0.1) is 0 Å². The van der Waals surface area contributed by atoms with Crippen LogP contribution < -0.4 is 5.32 Å². The SMILES string of the molecule is CCCC/C=C\CCCCCCCC(=O)NC(COC1OC(CO)C(OC2OC(CO)C(O)C(O)C2O)C(O)C1O)C(O)CCCCCCCCCCCCCCCCCC. The summed E-state index contributed by atoms with van der Waals surface area (Å²) in [6, 6.07) is -0.827. The molecule has 0 spiro atoms. The number of allylic oxidation sites excluding steroid dienone is 2. The van der Waals surface area contributed by atoms with E-state index in [2.05, 4.69) is 31.3 Å². The first-order valence-corrected chi connectivity index (χ1v) is 24.4. The fourth-order valence-corrected chi connectivity index (χ4v) is 8.16. The summed E-state index contributed by atoms with van der Waals surface area (Å²) in [5, 5.41) is 86.7. The third-order valence-electron chi connectivity index (χ3n) is 12.2. The summed E-state index contributed by atoms with van der Waals surface area (Å²) >= 11 is 0. The van der Waals surface area contributed by atoms with Gasteiger partial charge in [0.15, 0.2) is 12.6 Å². The number of rotatable bonds is 37. The van der Waals surface area contributed by atoms with E-state index in [0.29, 0.717) is 19.3 Å². The van der Waals surface area contributed by atoms with Crippen LogP contribution in [0.3, 0.4) is 0 Å². The number of hydrogen-bond acceptors (Lipinski definition) is 13. The van der Waals surface area contributed by atoms with E-state index in [0.717, 1.165) is 64.2 Å². The lowest BCUT2D eigenvalue weighted by Crippen LogP contribution is -2.65. The van der Waals surface area contributed by atoms with Gasteiger partial charge in [0, 0.05) is 6.42 Å². The molecule has 2 heterocycles. The Morgan fingerprint density at radius 3 is 1.61 bits per heavy atom. The molecule has 360 valence electrons. The van der Waals surface area contributed by atoms with Crippen LogP contribution in [0.15, 0.2) is 12.2 Å². The lowest BCUT2D eigenvalue weighted by atomic mass is 9.97. The average molecular weight is 876 g/mol. The number of carbonyl (C=O) groups excluding carboxylic acids is 1. The highest BCUT2D eigenvalue weighted by Gasteiger charge is 2.51. The molecular formula is C47H89NO13. The molecule has 0 radical (unpaired) electrons.